The van der Waals surface area contributed by atoms with Crippen molar-refractivity contribution in [1.29, 1.82) is 0 Å². The summed E-state index contributed by atoms with van der Waals surface area (Å²) >= 11 is 1.61. The van der Waals surface area contributed by atoms with Crippen LogP contribution in [-0.4, -0.2) is 49.3 Å². The number of aromatic nitrogens is 1. The van der Waals surface area contributed by atoms with Gasteiger partial charge in [-0.05, 0) is 79.9 Å². The lowest BCUT2D eigenvalue weighted by atomic mass is 9.77. The molecule has 1 aliphatic heterocycles. The van der Waals surface area contributed by atoms with E-state index >= 15 is 0 Å². The van der Waals surface area contributed by atoms with Crippen molar-refractivity contribution < 1.29 is 9.47 Å². The number of rotatable bonds is 8. The number of likely N-dealkylation sites (N-methyl/N-ethyl adjacent to an activating group) is 1. The molecule has 0 atom stereocenters. The molecule has 0 radical (unpaired) electrons. The van der Waals surface area contributed by atoms with Gasteiger partial charge in [0.05, 0.1) is 13.2 Å². The average Bonchev–Trinajstić information content (AvgIpc) is 2.96. The van der Waals surface area contributed by atoms with Crippen LogP contribution < -0.4 is 9.46 Å². The molecule has 0 saturated heterocycles. The fourth-order valence-electron chi connectivity index (χ4n) is 4.34. The minimum absolute atomic E-state index is 0.452. The van der Waals surface area contributed by atoms with E-state index in [0.29, 0.717) is 17.9 Å². The maximum absolute atomic E-state index is 5.69. The van der Waals surface area contributed by atoms with E-state index in [1.807, 2.05) is 0 Å². The molecule has 4 rings (SSSR count). The predicted molar refractivity (Wildman–Crippen MR) is 124 cm³/mol. The van der Waals surface area contributed by atoms with Gasteiger partial charge < -0.3 is 19.1 Å². The Kier molecular flexibility index (Phi) is 7.18. The number of nitrogens with zero attached hydrogens (tertiary/aromatic N) is 2. The standard InChI is InChI=1S/C24H33N3O2S/c1-4-27-12-10-18-16-23(24(28-3)25-22(18)11-13-27)26-30-21-8-6-17(7-9-21)19-14-20(15-19)29-5-2/h6-9,16,19-20,26H,4-5,10-15H2,1-3H3. The highest BCUT2D eigenvalue weighted by molar-refractivity contribution is 8.00. The second kappa shape index (κ2) is 10.0. The highest BCUT2D eigenvalue weighted by Gasteiger charge is 2.30. The number of benzene rings is 1. The largest absolute Gasteiger partial charge is 0.479 e. The molecule has 1 aromatic heterocycles. The summed E-state index contributed by atoms with van der Waals surface area (Å²) in [5.74, 6) is 1.32. The van der Waals surface area contributed by atoms with Gasteiger partial charge in [-0.15, -0.1) is 0 Å². The van der Waals surface area contributed by atoms with Gasteiger partial charge in [-0.2, -0.15) is 0 Å². The first-order valence-electron chi connectivity index (χ1n) is 11.1. The molecule has 0 unspecified atom stereocenters. The zero-order valence-corrected chi connectivity index (χ0v) is 19.1. The second-order valence-corrected chi connectivity index (χ2v) is 8.98. The van der Waals surface area contributed by atoms with Crippen LogP contribution in [0.25, 0.3) is 0 Å². The molecule has 6 heteroatoms. The van der Waals surface area contributed by atoms with Crippen molar-refractivity contribution >= 4 is 17.6 Å². The van der Waals surface area contributed by atoms with Gasteiger partial charge in [0.25, 0.3) is 0 Å². The SMILES string of the molecule is CCOC1CC(c2ccc(SNc3cc4c(nc3OC)CCN(CC)CC4)cc2)C1. The average molecular weight is 428 g/mol. The van der Waals surface area contributed by atoms with Crippen molar-refractivity contribution in [2.24, 2.45) is 0 Å². The van der Waals surface area contributed by atoms with Crippen molar-refractivity contribution in [1.82, 2.24) is 9.88 Å². The quantitative estimate of drug-likeness (QED) is 0.604. The molecule has 30 heavy (non-hydrogen) atoms. The lowest BCUT2D eigenvalue weighted by Gasteiger charge is -2.35. The van der Waals surface area contributed by atoms with E-state index in [1.165, 1.54) is 21.7 Å². The molecular weight excluding hydrogens is 394 g/mol. The predicted octanol–water partition coefficient (Wildman–Crippen LogP) is 4.91. The van der Waals surface area contributed by atoms with Crippen LogP contribution >= 0.6 is 11.9 Å². The first-order valence-corrected chi connectivity index (χ1v) is 11.9. The number of ether oxygens (including phenoxy) is 2. The number of methoxy groups -OCH3 is 1. The van der Waals surface area contributed by atoms with E-state index in [2.05, 4.69) is 53.8 Å². The summed E-state index contributed by atoms with van der Waals surface area (Å²) in [7, 11) is 1.70. The van der Waals surface area contributed by atoms with E-state index in [-0.39, 0.29) is 0 Å². The smallest absolute Gasteiger partial charge is 0.238 e. The Labute approximate surface area is 184 Å². The molecule has 5 nitrogen and oxygen atoms in total. The zero-order chi connectivity index (χ0) is 20.9. The maximum Gasteiger partial charge on any atom is 0.238 e. The number of fused-ring (bicyclic) bond motifs is 1. The molecule has 2 aromatic rings. The Morgan fingerprint density at radius 3 is 2.60 bits per heavy atom. The number of pyridine rings is 1. The third kappa shape index (κ3) is 4.93. The van der Waals surface area contributed by atoms with Crippen LogP contribution in [0.2, 0.25) is 0 Å². The fourth-order valence-corrected chi connectivity index (χ4v) is 4.98. The van der Waals surface area contributed by atoms with Crippen LogP contribution in [0.5, 0.6) is 5.88 Å². The number of hydrogen-bond donors (Lipinski definition) is 1. The number of hydrogen-bond acceptors (Lipinski definition) is 6. The zero-order valence-electron chi connectivity index (χ0n) is 18.3. The molecule has 1 aliphatic carbocycles. The Bertz CT molecular complexity index is 837. The molecule has 1 saturated carbocycles. The molecule has 1 fully saturated rings. The first kappa shape index (κ1) is 21.5. The Morgan fingerprint density at radius 2 is 1.90 bits per heavy atom. The first-order chi connectivity index (χ1) is 14.7. The maximum atomic E-state index is 5.69. The van der Waals surface area contributed by atoms with E-state index in [9.17, 15) is 0 Å². The highest BCUT2D eigenvalue weighted by Crippen LogP contribution is 2.39. The molecule has 1 N–H and O–H groups in total. The van der Waals surface area contributed by atoms with E-state index in [1.54, 1.807) is 19.1 Å². The second-order valence-electron chi connectivity index (χ2n) is 8.10. The van der Waals surface area contributed by atoms with Gasteiger partial charge in [0.2, 0.25) is 5.88 Å². The van der Waals surface area contributed by atoms with Gasteiger partial charge in [0.15, 0.2) is 0 Å². The molecule has 0 spiro atoms. The van der Waals surface area contributed by atoms with Gasteiger partial charge >= 0.3 is 0 Å². The summed E-state index contributed by atoms with van der Waals surface area (Å²) in [5.41, 5.74) is 4.88. The van der Waals surface area contributed by atoms with Gasteiger partial charge in [-0.25, -0.2) is 4.98 Å². The lowest BCUT2D eigenvalue weighted by Crippen LogP contribution is -2.29. The summed E-state index contributed by atoms with van der Waals surface area (Å²) in [6.45, 7) is 8.37. The molecular formula is C24H33N3O2S. The van der Waals surface area contributed by atoms with Gasteiger partial charge in [0, 0.05) is 36.7 Å². The van der Waals surface area contributed by atoms with Crippen LogP contribution in [0.15, 0.2) is 35.2 Å². The van der Waals surface area contributed by atoms with Gasteiger partial charge in [-0.3, -0.25) is 0 Å². The molecule has 162 valence electrons. The Hall–Kier alpha value is -1.76. The van der Waals surface area contributed by atoms with Gasteiger partial charge in [-0.1, -0.05) is 19.1 Å². The minimum Gasteiger partial charge on any atom is -0.479 e. The van der Waals surface area contributed by atoms with E-state index in [4.69, 9.17) is 14.5 Å². The summed E-state index contributed by atoms with van der Waals surface area (Å²) in [6, 6.07) is 11.1. The molecule has 0 bridgehead atoms. The van der Waals surface area contributed by atoms with Crippen LogP contribution in [0.3, 0.4) is 0 Å². The summed E-state index contributed by atoms with van der Waals surface area (Å²) in [5, 5.41) is 0. The summed E-state index contributed by atoms with van der Waals surface area (Å²) in [6.07, 6.45) is 4.77. The lowest BCUT2D eigenvalue weighted by molar-refractivity contribution is -0.00319. The van der Waals surface area contributed by atoms with Crippen LogP contribution in [0.4, 0.5) is 5.69 Å². The summed E-state index contributed by atoms with van der Waals surface area (Å²) in [4.78, 5) is 8.49. The molecule has 1 aromatic carbocycles. The molecule has 2 heterocycles. The number of anilines is 1. The highest BCUT2D eigenvalue weighted by atomic mass is 32.2. The van der Waals surface area contributed by atoms with E-state index in [0.717, 1.165) is 57.6 Å². The normalized spacial score (nSPS) is 21.4. The van der Waals surface area contributed by atoms with Crippen molar-refractivity contribution in [3.05, 3.63) is 47.2 Å². The van der Waals surface area contributed by atoms with Crippen molar-refractivity contribution in [2.45, 2.75) is 56.4 Å². The third-order valence-electron chi connectivity index (χ3n) is 6.29. The van der Waals surface area contributed by atoms with Crippen LogP contribution in [0.1, 0.15) is 49.4 Å². The summed E-state index contributed by atoms with van der Waals surface area (Å²) < 4.78 is 14.7. The van der Waals surface area contributed by atoms with Crippen LogP contribution in [-0.2, 0) is 17.6 Å². The molecule has 0 amide bonds. The minimum atomic E-state index is 0.452. The van der Waals surface area contributed by atoms with Crippen molar-refractivity contribution in [3.8, 4) is 5.88 Å². The van der Waals surface area contributed by atoms with Crippen molar-refractivity contribution in [3.63, 3.8) is 0 Å². The third-order valence-corrected chi connectivity index (χ3v) is 7.12. The van der Waals surface area contributed by atoms with Gasteiger partial charge in [0.1, 0.15) is 5.69 Å². The Morgan fingerprint density at radius 1 is 1.13 bits per heavy atom. The Balaban J connectivity index is 1.38. The monoisotopic (exact) mass is 427 g/mol. The molecule has 2 aliphatic rings. The fraction of sp³-hybridized carbons (Fsp3) is 0.542. The van der Waals surface area contributed by atoms with Crippen LogP contribution in [0, 0.1) is 0 Å². The van der Waals surface area contributed by atoms with Crippen molar-refractivity contribution in [2.75, 3.05) is 38.1 Å². The van der Waals surface area contributed by atoms with E-state index < -0.39 is 0 Å². The number of nitrogens with one attached hydrogen (secondary N) is 1. The topological polar surface area (TPSA) is 46.6 Å².